The zero-order valence-corrected chi connectivity index (χ0v) is 23.6. The molecule has 3 amide bonds. The number of rotatable bonds is 6. The fraction of sp³-hybridized carbons (Fsp3) is 0.222. The predicted molar refractivity (Wildman–Crippen MR) is 146 cm³/mol. The van der Waals surface area contributed by atoms with Gasteiger partial charge in [0.05, 0.1) is 33.4 Å². The summed E-state index contributed by atoms with van der Waals surface area (Å²) in [5, 5.41) is 6.78. The minimum atomic E-state index is -4.99. The molecule has 2 atom stereocenters. The first-order valence-corrected chi connectivity index (χ1v) is 13.0. The Labute approximate surface area is 249 Å². The number of nitrogens with one attached hydrogen (secondary N) is 3. The van der Waals surface area contributed by atoms with Crippen molar-refractivity contribution in [1.29, 1.82) is 0 Å². The normalized spacial score (nSPS) is 17.4. The number of hydrogen-bond donors (Lipinski definition) is 3. The lowest BCUT2D eigenvalue weighted by Crippen LogP contribution is -2.19. The number of carbonyl (C=O) groups is 3. The average molecular weight is 653 g/mol. The van der Waals surface area contributed by atoms with E-state index in [1.54, 1.807) is 0 Å². The summed E-state index contributed by atoms with van der Waals surface area (Å²) in [6, 6.07) is 6.03. The third kappa shape index (κ3) is 6.30. The Kier molecular flexibility index (Phi) is 8.47. The highest BCUT2D eigenvalue weighted by atomic mass is 35.5. The Hall–Kier alpha value is -3.48. The van der Waals surface area contributed by atoms with Gasteiger partial charge in [-0.25, -0.2) is 13.2 Å². The molecule has 0 spiro atoms. The summed E-state index contributed by atoms with van der Waals surface area (Å²) < 4.78 is 79.8. The van der Waals surface area contributed by atoms with Crippen molar-refractivity contribution < 1.29 is 40.7 Å². The monoisotopic (exact) mass is 651 g/mol. The van der Waals surface area contributed by atoms with Gasteiger partial charge in [0.1, 0.15) is 21.8 Å². The first-order valence-electron chi connectivity index (χ1n) is 11.8. The summed E-state index contributed by atoms with van der Waals surface area (Å²) in [5.41, 5.74) is -2.46. The van der Waals surface area contributed by atoms with Gasteiger partial charge in [-0.2, -0.15) is 13.2 Å². The Balaban J connectivity index is 1.57. The lowest BCUT2D eigenvalue weighted by atomic mass is 10.0. The molecule has 0 bridgehead atoms. The number of halogens is 9. The molecule has 222 valence electrons. The van der Waals surface area contributed by atoms with Crippen LogP contribution in [0.1, 0.15) is 39.9 Å². The van der Waals surface area contributed by atoms with Crippen LogP contribution in [0, 0.1) is 30.3 Å². The summed E-state index contributed by atoms with van der Waals surface area (Å²) in [6.45, 7) is 2.60. The fourth-order valence-electron chi connectivity index (χ4n) is 4.37. The van der Waals surface area contributed by atoms with Crippen LogP contribution in [0.4, 0.5) is 43.4 Å². The highest BCUT2D eigenvalue weighted by Crippen LogP contribution is 2.65. The Morgan fingerprint density at radius 3 is 2.07 bits per heavy atom. The number of anilines is 3. The summed E-state index contributed by atoms with van der Waals surface area (Å²) in [6.07, 6.45) is -4.99. The van der Waals surface area contributed by atoms with Gasteiger partial charge in [-0.15, -0.1) is 23.2 Å². The zero-order chi connectivity index (χ0) is 31.3. The Bertz CT molecular complexity index is 1630. The van der Waals surface area contributed by atoms with Gasteiger partial charge in [-0.1, -0.05) is 17.7 Å². The van der Waals surface area contributed by atoms with Crippen molar-refractivity contribution in [2.45, 2.75) is 30.3 Å². The molecule has 3 N–H and O–H groups in total. The smallest absolute Gasteiger partial charge is 0.326 e. The molecule has 3 aromatic carbocycles. The molecule has 1 saturated carbocycles. The number of aryl methyl sites for hydroxylation is 1. The Morgan fingerprint density at radius 1 is 0.857 bits per heavy atom. The van der Waals surface area contributed by atoms with E-state index in [0.717, 1.165) is 25.1 Å². The van der Waals surface area contributed by atoms with Crippen molar-refractivity contribution in [3.8, 4) is 0 Å². The molecule has 0 aromatic heterocycles. The second kappa shape index (κ2) is 11.3. The van der Waals surface area contributed by atoms with Crippen LogP contribution in [0.15, 0.2) is 42.5 Å². The molecule has 6 nitrogen and oxygen atoms in total. The standard InChI is InChI=1S/C27H18Cl3F6N3O3/c1-10-5-13(7-14(23(10)28)24(41)39-20-9-19(37-11(2)40)17(32)8-18(20)33)38-25(42)22-21(26(22,29)30)12-3-4-16(31)15(6-12)27(34,35)36/h3-9,21-22H,1-2H3,(H,37,40)(H,38,42)(H,39,41)/t21-,22+/m0/s1. The minimum absolute atomic E-state index is 0.00966. The molecule has 0 saturated heterocycles. The van der Waals surface area contributed by atoms with E-state index in [2.05, 4.69) is 16.0 Å². The third-order valence-electron chi connectivity index (χ3n) is 6.37. The maximum absolute atomic E-state index is 14.4. The van der Waals surface area contributed by atoms with Gasteiger partial charge >= 0.3 is 6.18 Å². The van der Waals surface area contributed by atoms with Crippen LogP contribution in [-0.4, -0.2) is 22.1 Å². The van der Waals surface area contributed by atoms with E-state index < -0.39 is 74.5 Å². The summed E-state index contributed by atoms with van der Waals surface area (Å²) in [4.78, 5) is 37.4. The quantitative estimate of drug-likeness (QED) is 0.188. The highest BCUT2D eigenvalue weighted by Gasteiger charge is 2.67. The third-order valence-corrected chi connectivity index (χ3v) is 7.82. The van der Waals surface area contributed by atoms with Gasteiger partial charge in [0.15, 0.2) is 0 Å². The van der Waals surface area contributed by atoms with E-state index in [-0.39, 0.29) is 21.8 Å². The lowest BCUT2D eigenvalue weighted by molar-refractivity contribution is -0.140. The summed E-state index contributed by atoms with van der Waals surface area (Å²) in [5.74, 6) is -8.52. The molecule has 1 fully saturated rings. The lowest BCUT2D eigenvalue weighted by Gasteiger charge is -2.14. The number of alkyl halides is 5. The van der Waals surface area contributed by atoms with Crippen LogP contribution in [0.2, 0.25) is 5.02 Å². The number of amides is 3. The molecule has 1 aliphatic carbocycles. The van der Waals surface area contributed by atoms with Crippen molar-refractivity contribution in [3.05, 3.63) is 87.2 Å². The predicted octanol–water partition coefficient (Wildman–Crippen LogP) is 7.82. The van der Waals surface area contributed by atoms with Gasteiger partial charge in [0.2, 0.25) is 11.8 Å². The van der Waals surface area contributed by atoms with Crippen LogP contribution in [0.25, 0.3) is 0 Å². The van der Waals surface area contributed by atoms with Crippen molar-refractivity contribution in [2.24, 2.45) is 5.92 Å². The van der Waals surface area contributed by atoms with Crippen molar-refractivity contribution in [3.63, 3.8) is 0 Å². The molecule has 3 aromatic rings. The van der Waals surface area contributed by atoms with E-state index in [0.29, 0.717) is 23.8 Å². The van der Waals surface area contributed by atoms with E-state index in [4.69, 9.17) is 34.8 Å². The number of carbonyl (C=O) groups excluding carboxylic acids is 3. The van der Waals surface area contributed by atoms with E-state index >= 15 is 0 Å². The van der Waals surface area contributed by atoms with Crippen LogP contribution in [0.5, 0.6) is 0 Å². The fourth-order valence-corrected chi connectivity index (χ4v) is 5.39. The molecule has 1 aliphatic rings. The van der Waals surface area contributed by atoms with Crippen LogP contribution in [0.3, 0.4) is 0 Å². The van der Waals surface area contributed by atoms with Gasteiger partial charge in [-0.3, -0.25) is 14.4 Å². The van der Waals surface area contributed by atoms with E-state index in [9.17, 15) is 40.7 Å². The van der Waals surface area contributed by atoms with Gasteiger partial charge < -0.3 is 16.0 Å². The van der Waals surface area contributed by atoms with E-state index in [1.807, 2.05) is 0 Å². The maximum Gasteiger partial charge on any atom is 0.419 e. The molecular weight excluding hydrogens is 635 g/mol. The zero-order valence-electron chi connectivity index (χ0n) is 21.3. The minimum Gasteiger partial charge on any atom is -0.326 e. The van der Waals surface area contributed by atoms with Crippen molar-refractivity contribution in [1.82, 2.24) is 0 Å². The number of benzene rings is 3. The van der Waals surface area contributed by atoms with Crippen molar-refractivity contribution >= 4 is 69.6 Å². The molecule has 0 radical (unpaired) electrons. The Morgan fingerprint density at radius 2 is 1.48 bits per heavy atom. The number of hydrogen-bond acceptors (Lipinski definition) is 3. The van der Waals surface area contributed by atoms with Crippen LogP contribution >= 0.6 is 34.8 Å². The molecular formula is C27H18Cl3F6N3O3. The van der Waals surface area contributed by atoms with E-state index in [1.165, 1.54) is 13.0 Å². The largest absolute Gasteiger partial charge is 0.419 e. The molecule has 0 unspecified atom stereocenters. The van der Waals surface area contributed by atoms with Gasteiger partial charge in [-0.05, 0) is 48.4 Å². The SMILES string of the molecule is CC(=O)Nc1cc(NC(=O)c2cc(NC(=O)[C@H]3[C@H](c4ccc(F)c(C(F)(F)F)c4)C3(Cl)Cl)cc(C)c2Cl)c(F)cc1F. The van der Waals surface area contributed by atoms with Crippen LogP contribution < -0.4 is 16.0 Å². The second-order valence-electron chi connectivity index (χ2n) is 9.46. The van der Waals surface area contributed by atoms with Gasteiger partial charge in [0, 0.05) is 24.6 Å². The second-order valence-corrected chi connectivity index (χ2v) is 11.3. The van der Waals surface area contributed by atoms with Gasteiger partial charge in [0.25, 0.3) is 5.91 Å². The first-order chi connectivity index (χ1) is 19.4. The molecule has 0 aliphatic heterocycles. The maximum atomic E-state index is 14.4. The molecule has 0 heterocycles. The topological polar surface area (TPSA) is 87.3 Å². The summed E-state index contributed by atoms with van der Waals surface area (Å²) >= 11 is 18.7. The summed E-state index contributed by atoms with van der Waals surface area (Å²) in [7, 11) is 0. The first kappa shape index (κ1) is 31.5. The van der Waals surface area contributed by atoms with Crippen molar-refractivity contribution in [2.75, 3.05) is 16.0 Å². The van der Waals surface area contributed by atoms with Crippen LogP contribution in [-0.2, 0) is 15.8 Å². The molecule has 4 rings (SSSR count). The average Bonchev–Trinajstić information content (AvgIpc) is 3.45. The molecule has 42 heavy (non-hydrogen) atoms. The molecule has 15 heteroatoms. The highest BCUT2D eigenvalue weighted by molar-refractivity contribution is 6.53.